The molecule has 1 heterocycles. The Kier molecular flexibility index (Phi) is 8.53. The third kappa shape index (κ3) is 5.72. The monoisotopic (exact) mass is 444 g/mol. The molecule has 1 aliphatic heterocycles. The van der Waals surface area contributed by atoms with E-state index in [0.29, 0.717) is 23.7 Å². The zero-order valence-electron chi connectivity index (χ0n) is 18.9. The van der Waals surface area contributed by atoms with E-state index in [2.05, 4.69) is 0 Å². The number of nitrogens with zero attached hydrogens (tertiary/aromatic N) is 1. The van der Waals surface area contributed by atoms with Gasteiger partial charge in [0.25, 0.3) is 0 Å². The van der Waals surface area contributed by atoms with Gasteiger partial charge in [-0.25, -0.2) is 9.59 Å². The van der Waals surface area contributed by atoms with Crippen LogP contribution in [0.25, 0.3) is 0 Å². The summed E-state index contributed by atoms with van der Waals surface area (Å²) in [6, 6.07) is 6.93. The van der Waals surface area contributed by atoms with Gasteiger partial charge in [-0.15, -0.1) is 0 Å². The van der Waals surface area contributed by atoms with Crippen LogP contribution < -0.4 is 15.2 Å². The van der Waals surface area contributed by atoms with Gasteiger partial charge in [-0.3, -0.25) is 0 Å². The molecule has 2 rings (SSSR count). The van der Waals surface area contributed by atoms with Gasteiger partial charge in [-0.05, 0) is 52.3 Å². The van der Waals surface area contributed by atoms with E-state index in [1.807, 2.05) is 6.07 Å². The van der Waals surface area contributed by atoms with Crippen molar-refractivity contribution in [1.29, 1.82) is 5.26 Å². The zero-order chi connectivity index (χ0) is 23.8. The first-order valence-electron chi connectivity index (χ1n) is 10.3. The Bertz CT molecular complexity index is 973. The van der Waals surface area contributed by atoms with Crippen LogP contribution in [0, 0.1) is 11.3 Å². The summed E-state index contributed by atoms with van der Waals surface area (Å²) in [6.45, 7) is 8.75. The van der Waals surface area contributed by atoms with E-state index in [1.165, 1.54) is 0 Å². The van der Waals surface area contributed by atoms with Crippen molar-refractivity contribution in [3.63, 3.8) is 0 Å². The molecule has 1 aromatic carbocycles. The lowest BCUT2D eigenvalue weighted by Gasteiger charge is -2.27. The van der Waals surface area contributed by atoms with Gasteiger partial charge in [0.1, 0.15) is 17.4 Å². The third-order valence-corrected chi connectivity index (χ3v) is 4.41. The SMILES string of the molecule is CCOC(=O)C1=C(C)OC(N)=C(C#N)C1c1ccc(OCC(=O)OC(C)C)c(OCC)c1. The first-order chi connectivity index (χ1) is 15.2. The number of esters is 2. The second-order valence-electron chi connectivity index (χ2n) is 7.08. The van der Waals surface area contributed by atoms with Crippen molar-refractivity contribution in [2.24, 2.45) is 5.73 Å². The van der Waals surface area contributed by atoms with Crippen molar-refractivity contribution in [3.05, 3.63) is 46.6 Å². The Morgan fingerprint density at radius 3 is 2.50 bits per heavy atom. The van der Waals surface area contributed by atoms with Crippen LogP contribution >= 0.6 is 0 Å². The second kappa shape index (κ2) is 11.1. The summed E-state index contributed by atoms with van der Waals surface area (Å²) in [5, 5.41) is 9.70. The molecule has 32 heavy (non-hydrogen) atoms. The minimum atomic E-state index is -0.813. The van der Waals surface area contributed by atoms with Crippen molar-refractivity contribution in [3.8, 4) is 17.6 Å². The molecule has 1 aromatic rings. The summed E-state index contributed by atoms with van der Waals surface area (Å²) in [5.41, 5.74) is 6.74. The standard InChI is InChI=1S/C23H28N2O7/c1-6-28-18-10-15(8-9-17(18)30-12-19(26)31-13(3)4)21-16(11-24)22(25)32-14(5)20(21)23(27)29-7-2/h8-10,13,21H,6-7,12,25H2,1-5H3. The number of rotatable bonds is 9. The van der Waals surface area contributed by atoms with Gasteiger partial charge in [0, 0.05) is 0 Å². The van der Waals surface area contributed by atoms with Gasteiger partial charge in [-0.1, -0.05) is 6.07 Å². The van der Waals surface area contributed by atoms with Crippen LogP contribution in [-0.2, 0) is 23.8 Å². The summed E-state index contributed by atoms with van der Waals surface area (Å²) >= 11 is 0. The lowest BCUT2D eigenvalue weighted by atomic mass is 9.83. The van der Waals surface area contributed by atoms with Crippen LogP contribution in [0.4, 0.5) is 0 Å². The molecule has 0 aliphatic carbocycles. The van der Waals surface area contributed by atoms with Crippen LogP contribution in [0.15, 0.2) is 41.0 Å². The molecule has 2 N–H and O–H groups in total. The maximum atomic E-state index is 12.7. The molecule has 0 saturated heterocycles. The first-order valence-corrected chi connectivity index (χ1v) is 10.3. The predicted octanol–water partition coefficient (Wildman–Crippen LogP) is 3.06. The number of hydrogen-bond acceptors (Lipinski definition) is 9. The van der Waals surface area contributed by atoms with Gasteiger partial charge >= 0.3 is 11.9 Å². The lowest BCUT2D eigenvalue weighted by molar-refractivity contribution is -0.149. The number of carbonyl (C=O) groups excluding carboxylic acids is 2. The normalized spacial score (nSPS) is 15.7. The maximum Gasteiger partial charge on any atom is 0.344 e. The number of nitrogens with two attached hydrogens (primary N) is 1. The van der Waals surface area contributed by atoms with E-state index in [-0.39, 0.29) is 42.1 Å². The third-order valence-electron chi connectivity index (χ3n) is 4.41. The van der Waals surface area contributed by atoms with Gasteiger partial charge in [0.2, 0.25) is 5.88 Å². The highest BCUT2D eigenvalue weighted by Crippen LogP contribution is 2.42. The largest absolute Gasteiger partial charge is 0.490 e. The van der Waals surface area contributed by atoms with Crippen molar-refractivity contribution >= 4 is 11.9 Å². The second-order valence-corrected chi connectivity index (χ2v) is 7.08. The smallest absolute Gasteiger partial charge is 0.344 e. The van der Waals surface area contributed by atoms with Crippen LogP contribution in [0.5, 0.6) is 11.5 Å². The molecule has 1 aliphatic rings. The molecule has 0 saturated carbocycles. The lowest BCUT2D eigenvalue weighted by Crippen LogP contribution is -2.25. The first kappa shape index (κ1) is 24.6. The van der Waals surface area contributed by atoms with Gasteiger partial charge in [0.05, 0.1) is 30.8 Å². The number of benzene rings is 1. The topological polar surface area (TPSA) is 130 Å². The quantitative estimate of drug-likeness (QED) is 0.571. The zero-order valence-corrected chi connectivity index (χ0v) is 18.9. The van der Waals surface area contributed by atoms with E-state index in [4.69, 9.17) is 29.4 Å². The summed E-state index contributed by atoms with van der Waals surface area (Å²) < 4.78 is 26.9. The Morgan fingerprint density at radius 1 is 1.19 bits per heavy atom. The summed E-state index contributed by atoms with van der Waals surface area (Å²) in [5.74, 6) is -1.11. The van der Waals surface area contributed by atoms with E-state index in [0.717, 1.165) is 0 Å². The van der Waals surface area contributed by atoms with Gasteiger partial charge in [0.15, 0.2) is 18.1 Å². The molecule has 0 bridgehead atoms. The fourth-order valence-corrected chi connectivity index (χ4v) is 3.21. The molecule has 0 amide bonds. The molecule has 0 fully saturated rings. The Labute approximate surface area is 187 Å². The number of carbonyl (C=O) groups is 2. The highest BCUT2D eigenvalue weighted by atomic mass is 16.6. The molecule has 172 valence electrons. The van der Waals surface area contributed by atoms with Crippen LogP contribution in [0.3, 0.4) is 0 Å². The van der Waals surface area contributed by atoms with E-state index in [1.54, 1.807) is 52.8 Å². The number of hydrogen-bond donors (Lipinski definition) is 1. The molecule has 9 nitrogen and oxygen atoms in total. The van der Waals surface area contributed by atoms with Crippen molar-refractivity contribution < 1.29 is 33.3 Å². The van der Waals surface area contributed by atoms with Gasteiger partial charge < -0.3 is 29.4 Å². The maximum absolute atomic E-state index is 12.7. The number of ether oxygens (including phenoxy) is 5. The minimum absolute atomic E-state index is 0.0790. The molecule has 1 atom stereocenters. The highest BCUT2D eigenvalue weighted by Gasteiger charge is 2.36. The van der Waals surface area contributed by atoms with Crippen molar-refractivity contribution in [2.75, 3.05) is 19.8 Å². The molecular formula is C23H28N2O7. The number of nitriles is 1. The fraction of sp³-hybridized carbons (Fsp3) is 0.435. The van der Waals surface area contributed by atoms with E-state index >= 15 is 0 Å². The van der Waals surface area contributed by atoms with Gasteiger partial charge in [-0.2, -0.15) is 5.26 Å². The molecule has 9 heteroatoms. The van der Waals surface area contributed by atoms with Crippen LogP contribution in [-0.4, -0.2) is 37.9 Å². The Balaban J connectivity index is 2.47. The number of allylic oxidation sites excluding steroid dienone is 2. The van der Waals surface area contributed by atoms with E-state index < -0.39 is 17.9 Å². The Hall–Kier alpha value is -3.67. The molecule has 0 radical (unpaired) electrons. The summed E-state index contributed by atoms with van der Waals surface area (Å²) in [7, 11) is 0. The minimum Gasteiger partial charge on any atom is -0.490 e. The Morgan fingerprint density at radius 2 is 1.91 bits per heavy atom. The van der Waals surface area contributed by atoms with E-state index in [9.17, 15) is 14.9 Å². The molecule has 1 unspecified atom stereocenters. The van der Waals surface area contributed by atoms with Crippen LogP contribution in [0.2, 0.25) is 0 Å². The molecule has 0 aromatic heterocycles. The predicted molar refractivity (Wildman–Crippen MR) is 114 cm³/mol. The summed E-state index contributed by atoms with van der Waals surface area (Å²) in [4.78, 5) is 24.5. The fourth-order valence-electron chi connectivity index (χ4n) is 3.21. The highest BCUT2D eigenvalue weighted by molar-refractivity contribution is 5.92. The summed E-state index contributed by atoms with van der Waals surface area (Å²) in [6.07, 6.45) is -0.258. The average molecular weight is 444 g/mol. The average Bonchev–Trinajstić information content (AvgIpc) is 2.72. The molecular weight excluding hydrogens is 416 g/mol. The van der Waals surface area contributed by atoms with Crippen LogP contribution in [0.1, 0.15) is 46.1 Å². The van der Waals surface area contributed by atoms with Crippen molar-refractivity contribution in [1.82, 2.24) is 0 Å². The van der Waals surface area contributed by atoms with Crippen molar-refractivity contribution in [2.45, 2.75) is 46.6 Å². The molecule has 0 spiro atoms.